The van der Waals surface area contributed by atoms with Crippen LogP contribution >= 0.6 is 11.6 Å². The number of carbonyl (C=O) groups is 1. The number of hydrogen-bond donors (Lipinski definition) is 2. The van der Waals surface area contributed by atoms with Crippen LogP contribution < -0.4 is 14.8 Å². The molecule has 0 fully saturated rings. The fourth-order valence-electron chi connectivity index (χ4n) is 2.83. The van der Waals surface area contributed by atoms with Gasteiger partial charge in [0.05, 0.1) is 4.90 Å². The molecule has 1 unspecified atom stereocenters. The molecule has 1 amide bonds. The van der Waals surface area contributed by atoms with E-state index in [0.29, 0.717) is 21.9 Å². The first-order chi connectivity index (χ1) is 15.2. The van der Waals surface area contributed by atoms with Gasteiger partial charge in [-0.1, -0.05) is 35.9 Å². The molecule has 3 aromatic rings. The first kappa shape index (κ1) is 23.7. The normalized spacial score (nSPS) is 12.2. The maximum atomic E-state index is 13.3. The molecule has 1 atom stereocenters. The highest BCUT2D eigenvalue weighted by atomic mass is 35.5. The van der Waals surface area contributed by atoms with E-state index in [1.165, 1.54) is 30.3 Å². The Morgan fingerprint density at radius 2 is 1.66 bits per heavy atom. The molecule has 0 saturated heterocycles. The van der Waals surface area contributed by atoms with Gasteiger partial charge in [-0.25, -0.2) is 17.5 Å². The molecule has 9 heteroatoms. The van der Waals surface area contributed by atoms with Gasteiger partial charge in [0, 0.05) is 18.1 Å². The van der Waals surface area contributed by atoms with Gasteiger partial charge in [0.15, 0.2) is 6.10 Å². The molecule has 168 valence electrons. The van der Waals surface area contributed by atoms with E-state index in [-0.39, 0.29) is 23.9 Å². The highest BCUT2D eigenvalue weighted by Crippen LogP contribution is 2.17. The largest absolute Gasteiger partial charge is 0.481 e. The zero-order valence-corrected chi connectivity index (χ0v) is 18.8. The summed E-state index contributed by atoms with van der Waals surface area (Å²) in [5, 5.41) is 3.29. The van der Waals surface area contributed by atoms with Crippen LogP contribution in [0.1, 0.15) is 18.1 Å². The average Bonchev–Trinajstić information content (AvgIpc) is 2.78. The van der Waals surface area contributed by atoms with Crippen molar-refractivity contribution < 1.29 is 22.3 Å². The summed E-state index contributed by atoms with van der Waals surface area (Å²) >= 11 is 5.83. The third-order valence-electron chi connectivity index (χ3n) is 4.53. The summed E-state index contributed by atoms with van der Waals surface area (Å²) in [4.78, 5) is 12.4. The van der Waals surface area contributed by atoms with Crippen LogP contribution in [0.15, 0.2) is 77.7 Å². The van der Waals surface area contributed by atoms with E-state index in [1.54, 1.807) is 49.4 Å². The van der Waals surface area contributed by atoms with E-state index in [4.69, 9.17) is 16.3 Å². The minimum Gasteiger partial charge on any atom is -0.481 e. The van der Waals surface area contributed by atoms with Crippen LogP contribution in [-0.2, 0) is 27.9 Å². The quantitative estimate of drug-likeness (QED) is 0.488. The molecule has 0 radical (unpaired) electrons. The van der Waals surface area contributed by atoms with Gasteiger partial charge in [-0.15, -0.1) is 0 Å². The number of benzene rings is 3. The van der Waals surface area contributed by atoms with Crippen molar-refractivity contribution in [3.8, 4) is 5.75 Å². The lowest BCUT2D eigenvalue weighted by Gasteiger charge is -2.15. The topological polar surface area (TPSA) is 84.5 Å². The first-order valence-corrected chi connectivity index (χ1v) is 11.6. The molecule has 2 N–H and O–H groups in total. The zero-order valence-electron chi connectivity index (χ0n) is 17.2. The van der Waals surface area contributed by atoms with E-state index >= 15 is 0 Å². The predicted octanol–water partition coefficient (Wildman–Crippen LogP) is 4.04. The van der Waals surface area contributed by atoms with Crippen molar-refractivity contribution in [2.24, 2.45) is 0 Å². The second-order valence-corrected chi connectivity index (χ2v) is 9.24. The summed E-state index contributed by atoms with van der Waals surface area (Å²) in [5.41, 5.74) is 1.11. The van der Waals surface area contributed by atoms with Crippen molar-refractivity contribution in [3.05, 3.63) is 94.8 Å². The van der Waals surface area contributed by atoms with Crippen molar-refractivity contribution in [1.29, 1.82) is 0 Å². The number of nitrogens with one attached hydrogen (secondary N) is 2. The number of carbonyl (C=O) groups excluding carboxylic acids is 1. The van der Waals surface area contributed by atoms with Crippen LogP contribution in [0.5, 0.6) is 5.75 Å². The Balaban J connectivity index is 1.57. The summed E-state index contributed by atoms with van der Waals surface area (Å²) < 4.78 is 46.5. The SMILES string of the molecule is CC(Oc1ccc(Cl)cc1)C(=O)NCc1cccc(S(=O)(=O)NCc2cccc(F)c2)c1. The Labute approximate surface area is 191 Å². The summed E-state index contributed by atoms with van der Waals surface area (Å²) in [6.45, 7) is 1.70. The Morgan fingerprint density at radius 3 is 2.34 bits per heavy atom. The summed E-state index contributed by atoms with van der Waals surface area (Å²) in [5.74, 6) is -0.277. The van der Waals surface area contributed by atoms with Crippen LogP contribution in [0, 0.1) is 5.82 Å². The van der Waals surface area contributed by atoms with Gasteiger partial charge in [-0.2, -0.15) is 0 Å². The van der Waals surface area contributed by atoms with Gasteiger partial charge in [0.2, 0.25) is 10.0 Å². The fraction of sp³-hybridized carbons (Fsp3) is 0.174. The maximum Gasteiger partial charge on any atom is 0.261 e. The fourth-order valence-corrected chi connectivity index (χ4v) is 4.05. The first-order valence-electron chi connectivity index (χ1n) is 9.76. The summed E-state index contributed by atoms with van der Waals surface area (Å²) in [6.07, 6.45) is -0.754. The van der Waals surface area contributed by atoms with Crippen molar-refractivity contribution in [2.75, 3.05) is 0 Å². The number of halogens is 2. The second kappa shape index (κ2) is 10.6. The van der Waals surface area contributed by atoms with E-state index in [9.17, 15) is 17.6 Å². The number of hydrogen-bond acceptors (Lipinski definition) is 4. The lowest BCUT2D eigenvalue weighted by atomic mass is 10.2. The molecular formula is C23H22ClFN2O4S. The minimum absolute atomic E-state index is 0.0411. The Morgan fingerprint density at radius 1 is 1.00 bits per heavy atom. The molecule has 0 spiro atoms. The highest BCUT2D eigenvalue weighted by molar-refractivity contribution is 7.89. The molecule has 0 aromatic heterocycles. The van der Waals surface area contributed by atoms with Crippen molar-refractivity contribution in [2.45, 2.75) is 31.0 Å². The molecule has 32 heavy (non-hydrogen) atoms. The maximum absolute atomic E-state index is 13.3. The van der Waals surface area contributed by atoms with Gasteiger partial charge < -0.3 is 10.1 Å². The zero-order chi connectivity index (χ0) is 23.1. The third-order valence-corrected chi connectivity index (χ3v) is 6.18. The summed E-state index contributed by atoms with van der Waals surface area (Å²) in [6, 6.07) is 18.6. The van der Waals surface area contributed by atoms with Crippen molar-refractivity contribution in [3.63, 3.8) is 0 Å². The Kier molecular flexibility index (Phi) is 7.84. The van der Waals surface area contributed by atoms with E-state index in [1.807, 2.05) is 0 Å². The number of sulfonamides is 1. The van der Waals surface area contributed by atoms with Gasteiger partial charge in [0.1, 0.15) is 11.6 Å². The molecule has 0 heterocycles. The molecule has 0 aliphatic carbocycles. The molecule has 0 aliphatic heterocycles. The Bertz CT molecular complexity index is 1190. The third kappa shape index (κ3) is 6.78. The van der Waals surface area contributed by atoms with Crippen LogP contribution in [-0.4, -0.2) is 20.4 Å². The molecule has 3 rings (SSSR count). The number of ether oxygens (including phenoxy) is 1. The van der Waals surface area contributed by atoms with Gasteiger partial charge in [0.25, 0.3) is 5.91 Å². The van der Waals surface area contributed by atoms with Gasteiger partial charge in [-0.3, -0.25) is 4.79 Å². The standard InChI is InChI=1S/C23H22ClFN2O4S/c1-16(31-21-10-8-19(24)9-11-21)23(28)26-14-18-5-3-7-22(13-18)32(29,30)27-15-17-4-2-6-20(25)12-17/h2-13,16,27H,14-15H2,1H3,(H,26,28). The average molecular weight is 477 g/mol. The second-order valence-electron chi connectivity index (χ2n) is 7.03. The van der Waals surface area contributed by atoms with Crippen LogP contribution in [0.2, 0.25) is 5.02 Å². The lowest BCUT2D eigenvalue weighted by Crippen LogP contribution is -2.35. The van der Waals surface area contributed by atoms with Gasteiger partial charge in [-0.05, 0) is 66.6 Å². The molecule has 0 saturated carbocycles. The predicted molar refractivity (Wildman–Crippen MR) is 120 cm³/mol. The van der Waals surface area contributed by atoms with Crippen LogP contribution in [0.3, 0.4) is 0 Å². The molecule has 6 nitrogen and oxygen atoms in total. The highest BCUT2D eigenvalue weighted by Gasteiger charge is 2.17. The molecule has 3 aromatic carbocycles. The van der Waals surface area contributed by atoms with Crippen LogP contribution in [0.25, 0.3) is 0 Å². The Hall–Kier alpha value is -2.94. The smallest absolute Gasteiger partial charge is 0.261 e. The molecule has 0 bridgehead atoms. The lowest BCUT2D eigenvalue weighted by molar-refractivity contribution is -0.127. The number of amides is 1. The van der Waals surface area contributed by atoms with Crippen molar-refractivity contribution >= 4 is 27.5 Å². The van der Waals surface area contributed by atoms with E-state index < -0.39 is 21.9 Å². The van der Waals surface area contributed by atoms with Gasteiger partial charge >= 0.3 is 0 Å². The van der Waals surface area contributed by atoms with E-state index in [0.717, 1.165) is 0 Å². The molecule has 0 aliphatic rings. The number of rotatable bonds is 9. The van der Waals surface area contributed by atoms with Crippen LogP contribution in [0.4, 0.5) is 4.39 Å². The minimum atomic E-state index is -3.81. The van der Waals surface area contributed by atoms with Crippen molar-refractivity contribution in [1.82, 2.24) is 10.0 Å². The molecular weight excluding hydrogens is 455 g/mol. The monoisotopic (exact) mass is 476 g/mol. The summed E-state index contributed by atoms with van der Waals surface area (Å²) in [7, 11) is -3.81. The van der Waals surface area contributed by atoms with E-state index in [2.05, 4.69) is 10.0 Å².